The first-order chi connectivity index (χ1) is 32.6. The molecule has 2 aliphatic heterocycles. The molecule has 68 heavy (non-hydrogen) atoms. The highest BCUT2D eigenvalue weighted by molar-refractivity contribution is 6.02. The van der Waals surface area contributed by atoms with Crippen LogP contribution in [0.15, 0.2) is 71.1 Å². The lowest BCUT2D eigenvalue weighted by atomic mass is 9.93. The molecule has 0 bridgehead atoms. The lowest BCUT2D eigenvalue weighted by Gasteiger charge is -2.27. The Bertz CT molecular complexity index is 2680. The molecule has 3 aromatic rings. The molecule has 6 rings (SSSR count). The number of hydrogen-bond acceptors (Lipinski definition) is 17. The summed E-state index contributed by atoms with van der Waals surface area (Å²) in [4.78, 5) is 65.6. The van der Waals surface area contributed by atoms with Gasteiger partial charge in [-0.05, 0) is 60.5 Å². The van der Waals surface area contributed by atoms with Crippen LogP contribution in [0.25, 0.3) is 33.4 Å². The second-order valence-electron chi connectivity index (χ2n) is 15.7. The van der Waals surface area contributed by atoms with E-state index in [2.05, 4.69) is 0 Å². The zero-order valence-electron chi connectivity index (χ0n) is 38.9. The maximum Gasteiger partial charge on any atom is 0.412 e. The van der Waals surface area contributed by atoms with Gasteiger partial charge in [0, 0.05) is 63.6 Å². The lowest BCUT2D eigenvalue weighted by Crippen LogP contribution is -2.36. The van der Waals surface area contributed by atoms with Crippen LogP contribution < -0.4 is 33.9 Å². The summed E-state index contributed by atoms with van der Waals surface area (Å²) in [5, 5.41) is 0.870. The average Bonchev–Trinajstić information content (AvgIpc) is 3.28. The molecule has 2 heterocycles. The minimum absolute atomic E-state index is 0.0129. The van der Waals surface area contributed by atoms with E-state index in [0.29, 0.717) is 62.0 Å². The third-order valence-corrected chi connectivity index (χ3v) is 10.3. The van der Waals surface area contributed by atoms with Crippen LogP contribution in [0.4, 0.5) is 20.6 Å². The number of esters is 4. The number of fused-ring (bicyclic) bond motifs is 4. The van der Waals surface area contributed by atoms with Gasteiger partial charge in [0.1, 0.15) is 69.0 Å². The van der Waals surface area contributed by atoms with Crippen molar-refractivity contribution in [3.05, 3.63) is 83.5 Å². The summed E-state index contributed by atoms with van der Waals surface area (Å²) in [5.74, 6) is -1.63. The maximum absolute atomic E-state index is 15.9. The van der Waals surface area contributed by atoms with E-state index in [-0.39, 0.29) is 64.8 Å². The van der Waals surface area contributed by atoms with Crippen LogP contribution in [-0.4, -0.2) is 136 Å². The minimum atomic E-state index is -0.713. The number of anilines is 2. The second kappa shape index (κ2) is 23.2. The fourth-order valence-corrected chi connectivity index (χ4v) is 7.03. The number of carbonyl (C=O) groups is 5. The van der Waals surface area contributed by atoms with Crippen molar-refractivity contribution in [3.63, 3.8) is 0 Å². The zero-order chi connectivity index (χ0) is 48.9. The van der Waals surface area contributed by atoms with Gasteiger partial charge in [0.15, 0.2) is 5.82 Å². The molecule has 0 saturated carbocycles. The fourth-order valence-electron chi connectivity index (χ4n) is 7.03. The molecule has 0 radical (unpaired) electrons. The van der Waals surface area contributed by atoms with Crippen LogP contribution in [0, 0.1) is 12.7 Å². The maximum atomic E-state index is 15.9. The number of carbonyl (C=O) groups excluding carboxylic acids is 5. The molecule has 3 aliphatic rings. The summed E-state index contributed by atoms with van der Waals surface area (Å²) >= 11 is 0. The largest absolute Gasteiger partial charge is 0.488 e. The first kappa shape index (κ1) is 49.8. The highest BCUT2D eigenvalue weighted by atomic mass is 19.1. The Morgan fingerprint density at radius 3 is 1.90 bits per heavy atom. The summed E-state index contributed by atoms with van der Waals surface area (Å²) in [6.07, 6.45) is -0.584. The quantitative estimate of drug-likeness (QED) is 0.0536. The number of halogens is 1. The van der Waals surface area contributed by atoms with E-state index < -0.39 is 49.4 Å². The minimum Gasteiger partial charge on any atom is -0.488 e. The summed E-state index contributed by atoms with van der Waals surface area (Å²) < 4.78 is 73.8. The Morgan fingerprint density at radius 1 is 0.706 bits per heavy atom. The highest BCUT2D eigenvalue weighted by Crippen LogP contribution is 2.44. The summed E-state index contributed by atoms with van der Waals surface area (Å²) in [5.41, 5.74) is 3.91. The Kier molecular flexibility index (Phi) is 17.0. The van der Waals surface area contributed by atoms with Gasteiger partial charge in [0.25, 0.3) is 0 Å². The van der Waals surface area contributed by atoms with E-state index in [1.54, 1.807) is 85.0 Å². The van der Waals surface area contributed by atoms with E-state index >= 15 is 4.39 Å². The molecule has 0 unspecified atom stereocenters. The lowest BCUT2D eigenvalue weighted by molar-refractivity contribution is -0.166. The van der Waals surface area contributed by atoms with Crippen LogP contribution in [0.1, 0.15) is 19.4 Å². The third kappa shape index (κ3) is 13.3. The Hall–Kier alpha value is -7.61. The Morgan fingerprint density at radius 2 is 1.31 bits per heavy atom. The van der Waals surface area contributed by atoms with Gasteiger partial charge in [0.2, 0.25) is 25.7 Å². The first-order valence-corrected chi connectivity index (χ1v) is 21.4. The molecule has 0 aromatic heterocycles. The van der Waals surface area contributed by atoms with Gasteiger partial charge in [-0.25, -0.2) is 9.37 Å². The van der Waals surface area contributed by atoms with Crippen molar-refractivity contribution in [1.82, 2.24) is 9.48 Å². The van der Waals surface area contributed by atoms with Gasteiger partial charge < -0.3 is 61.7 Å². The molecular weight excluding hydrogens is 892 g/mol. The molecule has 20 heteroatoms. The normalized spacial score (nSPS) is 13.1. The van der Waals surface area contributed by atoms with Crippen molar-refractivity contribution in [2.24, 2.45) is 0 Å². The Balaban J connectivity index is 1.41. The molecule has 0 spiro atoms. The highest BCUT2D eigenvalue weighted by Gasteiger charge is 2.25. The molecular formula is C48H54FN4O15+. The summed E-state index contributed by atoms with van der Waals surface area (Å²) in [6, 6.07) is 18.9. The first-order valence-electron chi connectivity index (χ1n) is 21.4. The van der Waals surface area contributed by atoms with Crippen LogP contribution in [0.2, 0.25) is 0 Å². The molecule has 1 amide bonds. The Labute approximate surface area is 391 Å². The van der Waals surface area contributed by atoms with Crippen LogP contribution in [0.5, 0.6) is 17.2 Å². The SMILES string of the molecule is CC(=O)OCOC(=O)CN1CCOCCN(CC(=O)OCOC(C)=O)c2ccc(-c3c4cc(F)c(=[N+](C)C)cc-4oc4cc(OCOC(=O)N(C)C)ccc34)cc2OCCOc2cc(C)ccc21. The number of hydrogen-bond donors (Lipinski definition) is 0. The van der Waals surface area contributed by atoms with Crippen LogP contribution >= 0.6 is 0 Å². The molecule has 0 atom stereocenters. The molecule has 0 N–H and O–H groups in total. The molecule has 0 saturated heterocycles. The topological polar surface area (TPSA) is 194 Å². The monoisotopic (exact) mass is 945 g/mol. The van der Waals surface area contributed by atoms with Gasteiger partial charge in [-0.2, -0.15) is 4.39 Å². The molecule has 19 nitrogen and oxygen atoms in total. The molecule has 3 aromatic carbocycles. The van der Waals surface area contributed by atoms with Crippen molar-refractivity contribution in [2.75, 3.05) is 111 Å². The third-order valence-electron chi connectivity index (χ3n) is 10.3. The number of aryl methyl sites for hydroxylation is 1. The number of rotatable bonds is 12. The summed E-state index contributed by atoms with van der Waals surface area (Å²) in [6.45, 7) is 2.82. The number of nitrogens with zero attached hydrogens (tertiary/aromatic N) is 4. The number of ether oxygens (including phenoxy) is 9. The van der Waals surface area contributed by atoms with Crippen LogP contribution in [0.3, 0.4) is 0 Å². The number of benzene rings is 4. The van der Waals surface area contributed by atoms with Gasteiger partial charge >= 0.3 is 30.0 Å². The predicted octanol–water partition coefficient (Wildman–Crippen LogP) is 4.95. The van der Waals surface area contributed by atoms with Gasteiger partial charge in [-0.15, -0.1) is 0 Å². The standard InChI is InChI=1S/C48H54FN4O15/c1-30-8-12-38-43(20-30)60-18-19-61-44-21-33(47-35-11-10-34(64-29-67-48(58)51(6)7)22-41(35)68-42-24-40(50(4)5)37(49)23-36(42)47)9-13-39(44)53(26-46(57)66-28-63-32(3)55)15-17-59-16-14-52(38)25-45(56)65-27-62-31(2)54/h8-13,20-24H,14-19,25-29H2,1-7H3/q+1. The summed E-state index contributed by atoms with van der Waals surface area (Å²) in [7, 11) is 6.54. The van der Waals surface area contributed by atoms with E-state index in [9.17, 15) is 24.0 Å². The van der Waals surface area contributed by atoms with Crippen LogP contribution in [-0.2, 0) is 47.6 Å². The number of amides is 1. The smallest absolute Gasteiger partial charge is 0.412 e. The van der Waals surface area contributed by atoms with E-state index in [0.717, 1.165) is 5.56 Å². The second-order valence-corrected chi connectivity index (χ2v) is 15.7. The van der Waals surface area contributed by atoms with Crippen molar-refractivity contribution in [3.8, 4) is 39.7 Å². The van der Waals surface area contributed by atoms with E-state index in [1.165, 1.54) is 24.8 Å². The molecule has 1 aliphatic carbocycles. The zero-order valence-corrected chi connectivity index (χ0v) is 38.9. The molecule has 0 fully saturated rings. The van der Waals surface area contributed by atoms with Gasteiger partial charge in [-0.3, -0.25) is 19.2 Å². The van der Waals surface area contributed by atoms with Gasteiger partial charge in [-0.1, -0.05) is 12.1 Å². The van der Waals surface area contributed by atoms with Crippen molar-refractivity contribution >= 4 is 52.3 Å². The van der Waals surface area contributed by atoms with Crippen molar-refractivity contribution in [2.45, 2.75) is 20.8 Å². The van der Waals surface area contributed by atoms with Crippen molar-refractivity contribution < 1.29 is 75.4 Å². The predicted molar refractivity (Wildman–Crippen MR) is 244 cm³/mol. The van der Waals surface area contributed by atoms with Crippen molar-refractivity contribution in [1.29, 1.82) is 0 Å². The molecule has 362 valence electrons. The van der Waals surface area contributed by atoms with Gasteiger partial charge in [0.05, 0.1) is 30.7 Å². The fraction of sp³-hybridized carbons (Fsp3) is 0.375. The average molecular weight is 946 g/mol. The van der Waals surface area contributed by atoms with E-state index in [1.807, 2.05) is 25.1 Å². The van der Waals surface area contributed by atoms with E-state index in [4.69, 9.17) is 47.0 Å².